The molecular weight excluding hydrogens is 318 g/mol. The van der Waals surface area contributed by atoms with E-state index in [1.807, 2.05) is 37.3 Å². The molecule has 1 fully saturated rings. The summed E-state index contributed by atoms with van der Waals surface area (Å²) >= 11 is 0. The minimum Gasteiger partial charge on any atom is -0.269 e. The molecule has 1 heterocycles. The highest BCUT2D eigenvalue weighted by Gasteiger charge is 2.40. The molecule has 2 aromatic rings. The summed E-state index contributed by atoms with van der Waals surface area (Å²) in [5.74, 6) is 0.543. The molecule has 1 saturated carbocycles. The van der Waals surface area contributed by atoms with Gasteiger partial charge in [0.05, 0.1) is 4.90 Å². The van der Waals surface area contributed by atoms with E-state index < -0.39 is 10.0 Å². The first kappa shape index (κ1) is 15.5. The van der Waals surface area contributed by atoms with Crippen molar-refractivity contribution in [3.63, 3.8) is 0 Å². The molecule has 2 aliphatic rings. The molecule has 1 aliphatic carbocycles. The van der Waals surface area contributed by atoms with Gasteiger partial charge in [-0.15, -0.1) is 0 Å². The van der Waals surface area contributed by atoms with Crippen molar-refractivity contribution in [3.8, 4) is 0 Å². The van der Waals surface area contributed by atoms with Gasteiger partial charge in [0.15, 0.2) is 0 Å². The summed E-state index contributed by atoms with van der Waals surface area (Å²) in [6.45, 7) is 2.47. The van der Waals surface area contributed by atoms with Crippen LogP contribution >= 0.6 is 0 Å². The van der Waals surface area contributed by atoms with Crippen molar-refractivity contribution < 1.29 is 8.42 Å². The fourth-order valence-electron chi connectivity index (χ4n) is 3.32. The van der Waals surface area contributed by atoms with Crippen molar-refractivity contribution in [2.75, 3.05) is 6.54 Å². The number of benzene rings is 2. The summed E-state index contributed by atoms with van der Waals surface area (Å²) in [7, 11) is -3.49. The second-order valence-electron chi connectivity index (χ2n) is 6.73. The van der Waals surface area contributed by atoms with E-state index in [0.717, 1.165) is 24.1 Å². The zero-order valence-corrected chi connectivity index (χ0v) is 14.5. The first-order chi connectivity index (χ1) is 11.6. The van der Waals surface area contributed by atoms with E-state index in [1.165, 1.54) is 5.56 Å². The Labute approximate surface area is 143 Å². The second kappa shape index (κ2) is 5.78. The predicted molar refractivity (Wildman–Crippen MR) is 95.1 cm³/mol. The van der Waals surface area contributed by atoms with E-state index in [9.17, 15) is 8.42 Å². The average Bonchev–Trinajstić information content (AvgIpc) is 3.34. The summed E-state index contributed by atoms with van der Waals surface area (Å²) in [6.07, 6.45) is 4.35. The Hall–Kier alpha value is -2.07. The van der Waals surface area contributed by atoms with Gasteiger partial charge < -0.3 is 0 Å². The molecule has 0 saturated heterocycles. The number of allylic oxidation sites excluding steroid dienone is 1. The molecule has 3 nitrogen and oxygen atoms in total. The Kier molecular flexibility index (Phi) is 3.72. The number of aryl methyl sites for hydroxylation is 1. The molecule has 0 spiro atoms. The van der Waals surface area contributed by atoms with Crippen LogP contribution in [0.15, 0.2) is 71.3 Å². The molecule has 24 heavy (non-hydrogen) atoms. The third kappa shape index (κ3) is 2.75. The second-order valence-corrected chi connectivity index (χ2v) is 8.59. The number of sulfonamides is 1. The largest absolute Gasteiger partial charge is 0.269 e. The summed E-state index contributed by atoms with van der Waals surface area (Å²) < 4.78 is 27.9. The van der Waals surface area contributed by atoms with Crippen LogP contribution in [0.4, 0.5) is 0 Å². The van der Waals surface area contributed by atoms with Crippen molar-refractivity contribution in [1.29, 1.82) is 0 Å². The van der Waals surface area contributed by atoms with Crippen LogP contribution in [0.1, 0.15) is 29.9 Å². The lowest BCUT2D eigenvalue weighted by Crippen LogP contribution is -2.30. The van der Waals surface area contributed by atoms with Gasteiger partial charge in [0.25, 0.3) is 10.0 Å². The van der Waals surface area contributed by atoms with Gasteiger partial charge in [0, 0.05) is 18.2 Å². The summed E-state index contributed by atoms with van der Waals surface area (Å²) in [5, 5.41) is 0. The first-order valence-corrected chi connectivity index (χ1v) is 9.86. The minimum absolute atomic E-state index is 0.141. The van der Waals surface area contributed by atoms with Crippen LogP contribution in [0.2, 0.25) is 0 Å². The lowest BCUT2D eigenvalue weighted by atomic mass is 10.0. The fraction of sp³-hybridized carbons (Fsp3) is 0.300. The molecule has 4 rings (SSSR count). The topological polar surface area (TPSA) is 37.4 Å². The lowest BCUT2D eigenvalue weighted by Gasteiger charge is -2.23. The maximum atomic E-state index is 13.2. The maximum Gasteiger partial charge on any atom is 0.264 e. The number of rotatable bonds is 4. The quantitative estimate of drug-likeness (QED) is 0.842. The highest BCUT2D eigenvalue weighted by Crippen LogP contribution is 2.45. The minimum atomic E-state index is -3.49. The molecule has 1 aliphatic heterocycles. The normalized spacial score (nSPS) is 21.0. The molecule has 4 heteroatoms. The Morgan fingerprint density at radius 1 is 0.958 bits per heavy atom. The Morgan fingerprint density at radius 2 is 1.62 bits per heavy atom. The van der Waals surface area contributed by atoms with Crippen molar-refractivity contribution in [1.82, 2.24) is 4.31 Å². The number of hydrogen-bond acceptors (Lipinski definition) is 2. The molecule has 0 bridgehead atoms. The van der Waals surface area contributed by atoms with Gasteiger partial charge in [-0.05, 0) is 43.4 Å². The molecule has 1 unspecified atom stereocenters. The van der Waals surface area contributed by atoms with Crippen LogP contribution in [0, 0.1) is 12.8 Å². The smallest absolute Gasteiger partial charge is 0.264 e. The monoisotopic (exact) mass is 339 g/mol. The van der Waals surface area contributed by atoms with Gasteiger partial charge in [-0.1, -0.05) is 54.1 Å². The highest BCUT2D eigenvalue weighted by molar-refractivity contribution is 7.89. The van der Waals surface area contributed by atoms with Crippen LogP contribution in [0.5, 0.6) is 0 Å². The van der Waals surface area contributed by atoms with Gasteiger partial charge >= 0.3 is 0 Å². The molecular formula is C20H21NO2S. The number of nitrogens with zero attached hydrogens (tertiary/aromatic N) is 1. The Balaban J connectivity index is 1.69. The Bertz CT molecular complexity index is 866. The van der Waals surface area contributed by atoms with Gasteiger partial charge in [-0.25, -0.2) is 8.42 Å². The molecule has 0 aromatic heterocycles. The zero-order chi connectivity index (χ0) is 16.7. The summed E-state index contributed by atoms with van der Waals surface area (Å²) in [6, 6.07) is 17.3. The molecule has 0 amide bonds. The standard InChI is InChI=1S/C20H21NO2S/c1-15-7-11-19(12-8-15)24(22,23)21-14-18(13-20(21)17-9-10-17)16-5-3-2-4-6-16/h2-8,11-13,17-18H,9-10,14H2,1H3. The SMILES string of the molecule is Cc1ccc(S(=O)(=O)N2CC(c3ccccc3)C=C2C2CC2)cc1. The predicted octanol–water partition coefficient (Wildman–Crippen LogP) is 4.08. The van der Waals surface area contributed by atoms with Gasteiger partial charge in [-0.2, -0.15) is 0 Å². The third-order valence-corrected chi connectivity index (χ3v) is 6.66. The lowest BCUT2D eigenvalue weighted by molar-refractivity contribution is 0.476. The van der Waals surface area contributed by atoms with Crippen molar-refractivity contribution in [3.05, 3.63) is 77.5 Å². The molecule has 2 aromatic carbocycles. The van der Waals surface area contributed by atoms with Gasteiger partial charge in [-0.3, -0.25) is 4.31 Å². The van der Waals surface area contributed by atoms with E-state index in [0.29, 0.717) is 17.4 Å². The average molecular weight is 339 g/mol. The maximum absolute atomic E-state index is 13.2. The van der Waals surface area contributed by atoms with Crippen LogP contribution < -0.4 is 0 Å². The van der Waals surface area contributed by atoms with Crippen molar-refractivity contribution in [2.24, 2.45) is 5.92 Å². The van der Waals surface area contributed by atoms with Crippen LogP contribution in [-0.4, -0.2) is 19.3 Å². The van der Waals surface area contributed by atoms with Gasteiger partial charge in [0.2, 0.25) is 0 Å². The molecule has 0 radical (unpaired) electrons. The van der Waals surface area contributed by atoms with E-state index in [-0.39, 0.29) is 5.92 Å². The summed E-state index contributed by atoms with van der Waals surface area (Å²) in [5.41, 5.74) is 3.23. The summed E-state index contributed by atoms with van der Waals surface area (Å²) in [4.78, 5) is 0.383. The van der Waals surface area contributed by atoms with E-state index in [1.54, 1.807) is 16.4 Å². The van der Waals surface area contributed by atoms with Crippen molar-refractivity contribution >= 4 is 10.0 Å². The van der Waals surface area contributed by atoms with E-state index in [2.05, 4.69) is 18.2 Å². The van der Waals surface area contributed by atoms with Crippen molar-refractivity contribution in [2.45, 2.75) is 30.6 Å². The van der Waals surface area contributed by atoms with Crippen LogP contribution in [0.25, 0.3) is 0 Å². The fourth-order valence-corrected chi connectivity index (χ4v) is 4.90. The van der Waals surface area contributed by atoms with E-state index >= 15 is 0 Å². The number of hydrogen-bond donors (Lipinski definition) is 0. The third-order valence-electron chi connectivity index (χ3n) is 4.85. The van der Waals surface area contributed by atoms with Gasteiger partial charge in [0.1, 0.15) is 0 Å². The highest BCUT2D eigenvalue weighted by atomic mass is 32.2. The van der Waals surface area contributed by atoms with Crippen LogP contribution in [-0.2, 0) is 10.0 Å². The van der Waals surface area contributed by atoms with E-state index in [4.69, 9.17) is 0 Å². The Morgan fingerprint density at radius 3 is 2.25 bits per heavy atom. The van der Waals surface area contributed by atoms with Crippen LogP contribution in [0.3, 0.4) is 0 Å². The molecule has 124 valence electrons. The first-order valence-electron chi connectivity index (χ1n) is 8.42. The molecule has 1 atom stereocenters. The molecule has 0 N–H and O–H groups in total. The zero-order valence-electron chi connectivity index (χ0n) is 13.7.